The number of ketones is 1. The van der Waals surface area contributed by atoms with E-state index in [2.05, 4.69) is 0 Å². The van der Waals surface area contributed by atoms with E-state index >= 15 is 0 Å². The summed E-state index contributed by atoms with van der Waals surface area (Å²) in [5.74, 6) is -0.246. The first-order valence-corrected chi connectivity index (χ1v) is 11.1. The van der Waals surface area contributed by atoms with Crippen LogP contribution >= 0.6 is 0 Å². The summed E-state index contributed by atoms with van der Waals surface area (Å²) in [5, 5.41) is 0. The minimum Gasteiger partial charge on any atom is -0.493 e. The number of rotatable bonds is 9. The number of likely N-dealkylation sites (N-methyl/N-ethyl adjacent to an activating group) is 1. The molecule has 0 radical (unpaired) electrons. The van der Waals surface area contributed by atoms with Gasteiger partial charge in [-0.3, -0.25) is 9.59 Å². The molecular weight excluding hydrogens is 446 g/mol. The molecule has 7 nitrogen and oxygen atoms in total. The van der Waals surface area contributed by atoms with E-state index in [-0.39, 0.29) is 22.8 Å². The molecule has 0 N–H and O–H groups in total. The molecule has 3 rings (SSSR count). The zero-order chi connectivity index (χ0) is 25.5. The highest BCUT2D eigenvalue weighted by molar-refractivity contribution is 6.14. The Morgan fingerprint density at radius 1 is 0.800 bits per heavy atom. The quantitative estimate of drug-likeness (QED) is 0.338. The summed E-state index contributed by atoms with van der Waals surface area (Å²) >= 11 is 0. The van der Waals surface area contributed by atoms with Crippen molar-refractivity contribution in [1.29, 1.82) is 0 Å². The number of aryl methyl sites for hydroxylation is 2. The average Bonchev–Trinajstić information content (AvgIpc) is 2.88. The Labute approximate surface area is 205 Å². The molecule has 0 bridgehead atoms. The Morgan fingerprint density at radius 3 is 2.14 bits per heavy atom. The van der Waals surface area contributed by atoms with Crippen molar-refractivity contribution >= 4 is 17.7 Å². The number of methoxy groups -OCH3 is 2. The van der Waals surface area contributed by atoms with Gasteiger partial charge in [0, 0.05) is 24.7 Å². The monoisotopic (exact) mass is 475 g/mol. The normalized spacial score (nSPS) is 10.4. The molecule has 0 aliphatic heterocycles. The third-order valence-electron chi connectivity index (χ3n) is 5.78. The number of esters is 1. The van der Waals surface area contributed by atoms with E-state index in [1.807, 2.05) is 26.0 Å². The van der Waals surface area contributed by atoms with E-state index < -0.39 is 12.6 Å². The highest BCUT2D eigenvalue weighted by Crippen LogP contribution is 2.28. The Hall–Kier alpha value is -4.13. The minimum atomic E-state index is -0.731. The van der Waals surface area contributed by atoms with Gasteiger partial charge >= 0.3 is 5.97 Å². The van der Waals surface area contributed by atoms with Crippen molar-refractivity contribution in [3.63, 3.8) is 0 Å². The minimum absolute atomic E-state index is 0.117. The van der Waals surface area contributed by atoms with E-state index in [9.17, 15) is 14.4 Å². The summed E-state index contributed by atoms with van der Waals surface area (Å²) in [5.41, 5.74) is 3.72. The maximum atomic E-state index is 13.1. The first-order valence-electron chi connectivity index (χ1n) is 11.1. The van der Waals surface area contributed by atoms with Crippen LogP contribution in [0.5, 0.6) is 11.5 Å². The first-order chi connectivity index (χ1) is 16.7. The van der Waals surface area contributed by atoms with Crippen molar-refractivity contribution in [3.8, 4) is 11.5 Å². The van der Waals surface area contributed by atoms with Gasteiger partial charge in [-0.1, -0.05) is 36.4 Å². The van der Waals surface area contributed by atoms with Crippen LogP contribution in [0, 0.1) is 13.8 Å². The molecule has 3 aromatic carbocycles. The van der Waals surface area contributed by atoms with Crippen molar-refractivity contribution in [2.24, 2.45) is 0 Å². The molecule has 0 unspecified atom stereocenters. The standard InChI is InChI=1S/C28H29NO6/c1-18-10-12-21(14-19(18)2)27(31)22-8-6-7-9-23(22)28(32)35-17-26(30)29(3)16-20-11-13-24(33-4)25(15-20)34-5/h6-15H,16-17H2,1-5H3. The average molecular weight is 476 g/mol. The predicted octanol–water partition coefficient (Wildman–Crippen LogP) is 4.37. The van der Waals surface area contributed by atoms with Gasteiger partial charge in [0.25, 0.3) is 5.91 Å². The molecule has 0 aliphatic carbocycles. The second-order valence-electron chi connectivity index (χ2n) is 8.19. The molecule has 0 atom stereocenters. The number of nitrogens with zero attached hydrogens (tertiary/aromatic N) is 1. The molecule has 0 aliphatic rings. The highest BCUT2D eigenvalue weighted by atomic mass is 16.5. The first kappa shape index (κ1) is 25.5. The molecule has 182 valence electrons. The van der Waals surface area contributed by atoms with Crippen molar-refractivity contribution in [2.45, 2.75) is 20.4 Å². The summed E-state index contributed by atoms with van der Waals surface area (Å²) < 4.78 is 15.8. The maximum Gasteiger partial charge on any atom is 0.339 e. The fourth-order valence-electron chi connectivity index (χ4n) is 3.55. The van der Waals surface area contributed by atoms with Gasteiger partial charge in [-0.25, -0.2) is 4.79 Å². The topological polar surface area (TPSA) is 82.1 Å². The lowest BCUT2D eigenvalue weighted by atomic mass is 9.96. The van der Waals surface area contributed by atoms with Gasteiger partial charge in [0.1, 0.15) is 0 Å². The van der Waals surface area contributed by atoms with Crippen LogP contribution in [0.4, 0.5) is 0 Å². The smallest absolute Gasteiger partial charge is 0.339 e. The van der Waals surface area contributed by atoms with Crippen LogP contribution in [-0.4, -0.2) is 50.4 Å². The number of amides is 1. The van der Waals surface area contributed by atoms with E-state index in [0.717, 1.165) is 16.7 Å². The maximum absolute atomic E-state index is 13.1. The van der Waals surface area contributed by atoms with E-state index in [1.54, 1.807) is 63.7 Å². The summed E-state index contributed by atoms with van der Waals surface area (Å²) in [6.07, 6.45) is 0. The molecular formula is C28H29NO6. The van der Waals surface area contributed by atoms with Gasteiger partial charge in [0.15, 0.2) is 23.9 Å². The molecule has 0 spiro atoms. The van der Waals surface area contributed by atoms with Crippen LogP contribution in [0.3, 0.4) is 0 Å². The molecule has 35 heavy (non-hydrogen) atoms. The van der Waals surface area contributed by atoms with Crippen molar-refractivity contribution in [3.05, 3.63) is 94.0 Å². The van der Waals surface area contributed by atoms with Crippen LogP contribution in [-0.2, 0) is 16.1 Å². The fraction of sp³-hybridized carbons (Fsp3) is 0.250. The molecule has 1 amide bonds. The second kappa shape index (κ2) is 11.3. The Kier molecular flexibility index (Phi) is 8.25. The van der Waals surface area contributed by atoms with Crippen LogP contribution in [0.15, 0.2) is 60.7 Å². The molecule has 0 saturated carbocycles. The third-order valence-corrected chi connectivity index (χ3v) is 5.78. The molecule has 7 heteroatoms. The number of carbonyl (C=O) groups excluding carboxylic acids is 3. The Bertz CT molecular complexity index is 1250. The largest absolute Gasteiger partial charge is 0.493 e. The van der Waals surface area contributed by atoms with Gasteiger partial charge in [-0.15, -0.1) is 0 Å². The Balaban J connectivity index is 1.67. The molecule has 0 aromatic heterocycles. The molecule has 0 fully saturated rings. The fourth-order valence-corrected chi connectivity index (χ4v) is 3.55. The summed E-state index contributed by atoms with van der Waals surface area (Å²) in [4.78, 5) is 39.9. The van der Waals surface area contributed by atoms with Crippen molar-refractivity contribution in [1.82, 2.24) is 4.90 Å². The third kappa shape index (κ3) is 6.06. The zero-order valence-corrected chi connectivity index (χ0v) is 20.6. The van der Waals surface area contributed by atoms with Gasteiger partial charge < -0.3 is 19.1 Å². The van der Waals surface area contributed by atoms with Gasteiger partial charge in [0.2, 0.25) is 0 Å². The molecule has 3 aromatic rings. The van der Waals surface area contributed by atoms with Crippen LogP contribution in [0.25, 0.3) is 0 Å². The van der Waals surface area contributed by atoms with E-state index in [1.165, 1.54) is 11.0 Å². The van der Waals surface area contributed by atoms with E-state index in [0.29, 0.717) is 23.6 Å². The van der Waals surface area contributed by atoms with Crippen LogP contribution in [0.1, 0.15) is 43.0 Å². The van der Waals surface area contributed by atoms with Crippen LogP contribution < -0.4 is 9.47 Å². The highest BCUT2D eigenvalue weighted by Gasteiger charge is 2.21. The van der Waals surface area contributed by atoms with Crippen molar-refractivity contribution < 1.29 is 28.6 Å². The summed E-state index contributed by atoms with van der Waals surface area (Å²) in [6.45, 7) is 3.73. The molecule has 0 saturated heterocycles. The number of carbonyl (C=O) groups is 3. The van der Waals surface area contributed by atoms with Gasteiger partial charge in [0.05, 0.1) is 19.8 Å². The number of hydrogen-bond donors (Lipinski definition) is 0. The van der Waals surface area contributed by atoms with Crippen molar-refractivity contribution in [2.75, 3.05) is 27.9 Å². The second-order valence-corrected chi connectivity index (χ2v) is 8.19. The lowest BCUT2D eigenvalue weighted by Crippen LogP contribution is -2.31. The number of hydrogen-bond acceptors (Lipinski definition) is 6. The predicted molar refractivity (Wildman–Crippen MR) is 132 cm³/mol. The van der Waals surface area contributed by atoms with Crippen LogP contribution in [0.2, 0.25) is 0 Å². The Morgan fingerprint density at radius 2 is 1.49 bits per heavy atom. The van der Waals surface area contributed by atoms with Gasteiger partial charge in [-0.05, 0) is 54.8 Å². The number of benzene rings is 3. The van der Waals surface area contributed by atoms with Gasteiger partial charge in [-0.2, -0.15) is 0 Å². The lowest BCUT2D eigenvalue weighted by molar-refractivity contribution is -0.133. The SMILES string of the molecule is COc1ccc(CN(C)C(=O)COC(=O)c2ccccc2C(=O)c2ccc(C)c(C)c2)cc1OC. The summed E-state index contributed by atoms with van der Waals surface area (Å²) in [7, 11) is 4.71. The molecule has 0 heterocycles. The summed E-state index contributed by atoms with van der Waals surface area (Å²) in [6, 6.07) is 17.2. The lowest BCUT2D eigenvalue weighted by Gasteiger charge is -2.18. The zero-order valence-electron chi connectivity index (χ0n) is 20.6. The number of ether oxygens (including phenoxy) is 3. The van der Waals surface area contributed by atoms with E-state index in [4.69, 9.17) is 14.2 Å².